The van der Waals surface area contributed by atoms with Crippen molar-refractivity contribution < 1.29 is 8.78 Å². The Morgan fingerprint density at radius 3 is 1.00 bits per heavy atom. The largest absolute Gasteiger partial charge is 0.241 e. The van der Waals surface area contributed by atoms with Crippen LogP contribution in [0, 0.1) is 5.41 Å². The Hall–Kier alpha value is -0.140. The van der Waals surface area contributed by atoms with Gasteiger partial charge < -0.3 is 0 Å². The van der Waals surface area contributed by atoms with Crippen molar-refractivity contribution >= 4 is 0 Å². The molecule has 68 valence electrons. The highest BCUT2D eigenvalue weighted by atomic mass is 19.2. The number of alkyl halides is 2. The van der Waals surface area contributed by atoms with Gasteiger partial charge in [-0.05, 0) is 26.2 Å². The molecule has 0 N–H and O–H groups in total. The first-order valence-electron chi connectivity index (χ1n) is 3.88. The topological polar surface area (TPSA) is 0 Å². The Labute approximate surface area is 68.0 Å². The molecule has 0 spiro atoms. The zero-order valence-electron chi connectivity index (χ0n) is 8.26. The molecule has 0 bridgehead atoms. The minimum Gasteiger partial charge on any atom is -0.241 e. The summed E-state index contributed by atoms with van der Waals surface area (Å²) in [5, 5.41) is 0. The molecule has 2 heteroatoms. The van der Waals surface area contributed by atoms with E-state index < -0.39 is 16.8 Å². The van der Waals surface area contributed by atoms with Crippen molar-refractivity contribution in [3.8, 4) is 0 Å². The molecule has 0 aliphatic carbocycles. The van der Waals surface area contributed by atoms with Gasteiger partial charge in [-0.15, -0.1) is 0 Å². The summed E-state index contributed by atoms with van der Waals surface area (Å²) in [6.45, 7) is 8.97. The maximum atomic E-state index is 13.7. The minimum absolute atomic E-state index is 0.661. The van der Waals surface area contributed by atoms with Crippen LogP contribution in [0.5, 0.6) is 0 Å². The fourth-order valence-electron chi connectivity index (χ4n) is 0.892. The van der Waals surface area contributed by atoms with E-state index in [1.165, 1.54) is 20.8 Å². The Kier molecular flexibility index (Phi) is 2.40. The predicted octanol–water partition coefficient (Wildman–Crippen LogP) is 3.51. The molecule has 0 aromatic rings. The second-order valence-electron chi connectivity index (χ2n) is 4.73. The molecule has 0 heterocycles. The maximum Gasteiger partial charge on any atom is 0.146 e. The van der Waals surface area contributed by atoms with Gasteiger partial charge in [-0.25, -0.2) is 8.78 Å². The molecule has 0 saturated carbocycles. The highest BCUT2D eigenvalue weighted by Crippen LogP contribution is 2.43. The first kappa shape index (κ1) is 10.9. The van der Waals surface area contributed by atoms with Crippen LogP contribution in [-0.2, 0) is 0 Å². The average Bonchev–Trinajstić information content (AvgIpc) is 1.58. The molecule has 0 fully saturated rings. The maximum absolute atomic E-state index is 13.7. The Morgan fingerprint density at radius 2 is 1.00 bits per heavy atom. The molecule has 0 nitrogen and oxygen atoms in total. The van der Waals surface area contributed by atoms with E-state index in [4.69, 9.17) is 0 Å². The molecule has 0 saturated heterocycles. The third-order valence-electron chi connectivity index (χ3n) is 2.52. The zero-order chi connectivity index (χ0) is 9.50. The lowest BCUT2D eigenvalue weighted by Gasteiger charge is -2.41. The molecule has 11 heavy (non-hydrogen) atoms. The molecule has 0 aliphatic rings. The van der Waals surface area contributed by atoms with Crippen molar-refractivity contribution in [1.29, 1.82) is 0 Å². The van der Waals surface area contributed by atoms with Crippen LogP contribution < -0.4 is 0 Å². The van der Waals surface area contributed by atoms with E-state index in [2.05, 4.69) is 0 Å². The van der Waals surface area contributed by atoms with E-state index in [1.807, 2.05) is 0 Å². The van der Waals surface area contributed by atoms with Gasteiger partial charge in [-0.1, -0.05) is 20.8 Å². The van der Waals surface area contributed by atoms with Gasteiger partial charge in [0.2, 0.25) is 0 Å². The first-order chi connectivity index (χ1) is 4.50. The number of hydrogen-bond acceptors (Lipinski definition) is 0. The lowest BCUT2D eigenvalue weighted by molar-refractivity contribution is -0.0774. The van der Waals surface area contributed by atoms with Crippen LogP contribution in [0.25, 0.3) is 0 Å². The standard InChI is InChI=1S/C9H18F2/c1-7(2,3)9(6,11)8(4,5)10/h1-6H3. The van der Waals surface area contributed by atoms with E-state index in [0.29, 0.717) is 0 Å². The van der Waals surface area contributed by atoms with Gasteiger partial charge in [0.1, 0.15) is 11.3 Å². The molecule has 0 amide bonds. The zero-order valence-corrected chi connectivity index (χ0v) is 8.26. The van der Waals surface area contributed by atoms with Crippen LogP contribution in [0.15, 0.2) is 0 Å². The van der Waals surface area contributed by atoms with Crippen molar-refractivity contribution in [3.05, 3.63) is 0 Å². The van der Waals surface area contributed by atoms with Gasteiger partial charge in [0.05, 0.1) is 0 Å². The molecule has 0 radical (unpaired) electrons. The highest BCUT2D eigenvalue weighted by Gasteiger charge is 2.50. The third kappa shape index (κ3) is 1.91. The predicted molar refractivity (Wildman–Crippen MR) is 44.2 cm³/mol. The van der Waals surface area contributed by atoms with E-state index in [1.54, 1.807) is 20.8 Å². The lowest BCUT2D eigenvalue weighted by atomic mass is 9.71. The smallest absolute Gasteiger partial charge is 0.146 e. The van der Waals surface area contributed by atoms with E-state index in [0.717, 1.165) is 0 Å². The molecule has 0 aromatic heterocycles. The summed E-state index contributed by atoms with van der Waals surface area (Å²) in [4.78, 5) is 0. The van der Waals surface area contributed by atoms with Crippen LogP contribution in [0.2, 0.25) is 0 Å². The monoisotopic (exact) mass is 164 g/mol. The van der Waals surface area contributed by atoms with Gasteiger partial charge in [0, 0.05) is 0 Å². The molecule has 0 aromatic carbocycles. The summed E-state index contributed by atoms with van der Waals surface area (Å²) in [5.41, 5.74) is -4.24. The fraction of sp³-hybridized carbons (Fsp3) is 1.00. The van der Waals surface area contributed by atoms with Crippen molar-refractivity contribution in [1.82, 2.24) is 0 Å². The van der Waals surface area contributed by atoms with Crippen molar-refractivity contribution in [3.63, 3.8) is 0 Å². The Morgan fingerprint density at radius 1 is 0.727 bits per heavy atom. The summed E-state index contributed by atoms with van der Waals surface area (Å²) in [6, 6.07) is 0. The Balaban J connectivity index is 4.75. The van der Waals surface area contributed by atoms with Crippen molar-refractivity contribution in [2.24, 2.45) is 5.41 Å². The quantitative estimate of drug-likeness (QED) is 0.556. The van der Waals surface area contributed by atoms with Gasteiger partial charge in [-0.2, -0.15) is 0 Å². The van der Waals surface area contributed by atoms with Gasteiger partial charge in [0.15, 0.2) is 0 Å². The van der Waals surface area contributed by atoms with Crippen molar-refractivity contribution in [2.45, 2.75) is 52.9 Å². The number of halogens is 2. The van der Waals surface area contributed by atoms with Crippen LogP contribution in [-0.4, -0.2) is 11.3 Å². The van der Waals surface area contributed by atoms with Crippen LogP contribution in [0.3, 0.4) is 0 Å². The molecule has 1 unspecified atom stereocenters. The lowest BCUT2D eigenvalue weighted by Crippen LogP contribution is -2.50. The van der Waals surface area contributed by atoms with Crippen LogP contribution in [0.1, 0.15) is 41.5 Å². The SMILES string of the molecule is CC(C)(C)C(C)(F)C(C)(C)F. The fourth-order valence-corrected chi connectivity index (χ4v) is 0.892. The van der Waals surface area contributed by atoms with E-state index in [9.17, 15) is 8.78 Å². The van der Waals surface area contributed by atoms with Gasteiger partial charge >= 0.3 is 0 Å². The molecular formula is C9H18F2. The molecule has 0 aliphatic heterocycles. The second kappa shape index (κ2) is 2.43. The highest BCUT2D eigenvalue weighted by molar-refractivity contribution is 4.99. The third-order valence-corrected chi connectivity index (χ3v) is 2.52. The molecule has 0 rings (SSSR count). The van der Waals surface area contributed by atoms with E-state index in [-0.39, 0.29) is 0 Å². The van der Waals surface area contributed by atoms with Crippen LogP contribution in [0.4, 0.5) is 8.78 Å². The summed E-state index contributed by atoms with van der Waals surface area (Å²) in [7, 11) is 0. The average molecular weight is 164 g/mol. The number of rotatable bonds is 1. The summed E-state index contributed by atoms with van der Waals surface area (Å²) in [5.74, 6) is 0. The van der Waals surface area contributed by atoms with Crippen molar-refractivity contribution in [2.75, 3.05) is 0 Å². The normalized spacial score (nSPS) is 19.6. The first-order valence-corrected chi connectivity index (χ1v) is 3.88. The summed E-state index contributed by atoms with van der Waals surface area (Å²) < 4.78 is 27.0. The summed E-state index contributed by atoms with van der Waals surface area (Å²) >= 11 is 0. The number of hydrogen-bond donors (Lipinski definition) is 0. The minimum atomic E-state index is -1.79. The Bertz CT molecular complexity index is 119. The van der Waals surface area contributed by atoms with Gasteiger partial charge in [-0.3, -0.25) is 0 Å². The molecular weight excluding hydrogens is 146 g/mol. The second-order valence-corrected chi connectivity index (χ2v) is 4.73. The summed E-state index contributed by atoms with van der Waals surface area (Å²) in [6.07, 6.45) is 0. The van der Waals surface area contributed by atoms with Gasteiger partial charge in [0.25, 0.3) is 0 Å². The van der Waals surface area contributed by atoms with E-state index >= 15 is 0 Å². The molecule has 1 atom stereocenters. The van der Waals surface area contributed by atoms with Crippen LogP contribution >= 0.6 is 0 Å².